The maximum absolute atomic E-state index is 13.8. The predicted molar refractivity (Wildman–Crippen MR) is 103 cm³/mol. The van der Waals surface area contributed by atoms with Gasteiger partial charge in [0.05, 0.1) is 11.8 Å². The number of piperidine rings is 1. The first-order chi connectivity index (χ1) is 12.0. The van der Waals surface area contributed by atoms with Gasteiger partial charge in [-0.1, -0.05) is 6.92 Å². The summed E-state index contributed by atoms with van der Waals surface area (Å²) in [7, 11) is 0. The van der Waals surface area contributed by atoms with Crippen molar-refractivity contribution < 1.29 is 18.0 Å². The molecule has 1 aliphatic heterocycles. The first-order valence-electron chi connectivity index (χ1n) is 8.43. The molecule has 1 aromatic heterocycles. The Balaban J connectivity index is 0.00000182. The number of hydrogen-bond donors (Lipinski definition) is 2. The summed E-state index contributed by atoms with van der Waals surface area (Å²) >= 11 is 0. The summed E-state index contributed by atoms with van der Waals surface area (Å²) in [5.41, 5.74) is 0.145. The number of carbonyl (C=O) groups is 1. The van der Waals surface area contributed by atoms with Crippen LogP contribution in [0.25, 0.3) is 11.3 Å². The highest BCUT2D eigenvalue weighted by atomic mass is 35.5. The van der Waals surface area contributed by atoms with E-state index in [2.05, 4.69) is 22.5 Å². The minimum atomic E-state index is -0.709. The van der Waals surface area contributed by atoms with Crippen molar-refractivity contribution in [3.63, 3.8) is 0 Å². The number of nitrogens with one attached hydrogen (secondary N) is 2. The van der Waals surface area contributed by atoms with Crippen LogP contribution in [0.5, 0.6) is 0 Å². The van der Waals surface area contributed by atoms with E-state index in [1.807, 2.05) is 0 Å². The summed E-state index contributed by atoms with van der Waals surface area (Å²) in [6, 6.07) is 3.39. The minimum absolute atomic E-state index is 0. The van der Waals surface area contributed by atoms with E-state index in [-0.39, 0.29) is 54.5 Å². The zero-order valence-electron chi connectivity index (χ0n) is 14.8. The molecule has 2 N–H and O–H groups in total. The topological polar surface area (TPSA) is 67.2 Å². The highest BCUT2D eigenvalue weighted by Gasteiger charge is 2.22. The molecule has 1 saturated heterocycles. The van der Waals surface area contributed by atoms with Crippen LogP contribution in [0, 0.1) is 17.6 Å². The molecule has 0 spiro atoms. The van der Waals surface area contributed by atoms with Crippen LogP contribution in [0.3, 0.4) is 0 Å². The highest BCUT2D eigenvalue weighted by molar-refractivity contribution is 5.85. The molecule has 0 bridgehead atoms. The Bertz CT molecular complexity index is 758. The Morgan fingerprint density at radius 2 is 2.15 bits per heavy atom. The van der Waals surface area contributed by atoms with Crippen LogP contribution in [-0.2, 0) is 11.2 Å². The molecule has 2 aromatic rings. The molecule has 0 saturated carbocycles. The Morgan fingerprint density at radius 1 is 1.37 bits per heavy atom. The first kappa shape index (κ1) is 23.3. The molecule has 150 valence electrons. The van der Waals surface area contributed by atoms with E-state index in [4.69, 9.17) is 4.42 Å². The van der Waals surface area contributed by atoms with Gasteiger partial charge in [-0.05, 0) is 31.0 Å². The fraction of sp³-hybridized carbons (Fsp3) is 0.444. The second-order valence-corrected chi connectivity index (χ2v) is 6.39. The summed E-state index contributed by atoms with van der Waals surface area (Å²) in [5, 5.41) is 6.29. The number of nitrogens with zero attached hydrogens (tertiary/aromatic N) is 1. The van der Waals surface area contributed by atoms with Gasteiger partial charge in [-0.2, -0.15) is 0 Å². The largest absolute Gasteiger partial charge is 0.441 e. The van der Waals surface area contributed by atoms with Crippen LogP contribution >= 0.6 is 24.8 Å². The van der Waals surface area contributed by atoms with E-state index >= 15 is 0 Å². The van der Waals surface area contributed by atoms with E-state index in [1.54, 1.807) is 0 Å². The maximum Gasteiger partial charge on any atom is 0.220 e. The molecule has 1 fully saturated rings. The van der Waals surface area contributed by atoms with Gasteiger partial charge in [0.1, 0.15) is 11.6 Å². The van der Waals surface area contributed by atoms with Gasteiger partial charge in [0.15, 0.2) is 11.7 Å². The number of aromatic nitrogens is 1. The number of hydrogen-bond acceptors (Lipinski definition) is 4. The second-order valence-electron chi connectivity index (χ2n) is 6.39. The van der Waals surface area contributed by atoms with Crippen LogP contribution < -0.4 is 10.6 Å². The molecule has 5 nitrogen and oxygen atoms in total. The lowest BCUT2D eigenvalue weighted by Gasteiger charge is -2.30. The van der Waals surface area contributed by atoms with Gasteiger partial charge < -0.3 is 15.1 Å². The molecule has 9 heteroatoms. The molecule has 2 heterocycles. The number of benzene rings is 1. The van der Waals surface area contributed by atoms with Crippen LogP contribution in [-0.4, -0.2) is 30.0 Å². The summed E-state index contributed by atoms with van der Waals surface area (Å²) in [6.45, 7) is 3.88. The van der Waals surface area contributed by atoms with Crippen molar-refractivity contribution in [3.8, 4) is 11.3 Å². The van der Waals surface area contributed by atoms with Crippen molar-refractivity contribution in [2.24, 2.45) is 5.92 Å². The Morgan fingerprint density at radius 3 is 2.85 bits per heavy atom. The molecule has 1 aliphatic rings. The lowest BCUT2D eigenvalue weighted by atomic mass is 9.95. The maximum atomic E-state index is 13.8. The lowest BCUT2D eigenvalue weighted by Crippen LogP contribution is -2.50. The van der Waals surface area contributed by atoms with Gasteiger partial charge in [0, 0.05) is 31.5 Å². The third-order valence-corrected chi connectivity index (χ3v) is 4.49. The average molecular weight is 422 g/mol. The molecule has 3 rings (SSSR count). The van der Waals surface area contributed by atoms with Gasteiger partial charge in [-0.15, -0.1) is 24.8 Å². The summed E-state index contributed by atoms with van der Waals surface area (Å²) < 4.78 is 32.2. The van der Waals surface area contributed by atoms with Gasteiger partial charge in [0.2, 0.25) is 5.91 Å². The highest BCUT2D eigenvalue weighted by Crippen LogP contribution is 2.24. The average Bonchev–Trinajstić information content (AvgIpc) is 3.04. The van der Waals surface area contributed by atoms with Crippen LogP contribution in [0.4, 0.5) is 8.78 Å². The summed E-state index contributed by atoms with van der Waals surface area (Å²) in [5.74, 6) is -0.404. The molecule has 2 atom stereocenters. The summed E-state index contributed by atoms with van der Waals surface area (Å²) in [6.07, 6.45) is 2.99. The smallest absolute Gasteiger partial charge is 0.220 e. The van der Waals surface area contributed by atoms with Gasteiger partial charge in [0.25, 0.3) is 0 Å². The molecule has 1 aromatic carbocycles. The molecule has 2 unspecified atom stereocenters. The van der Waals surface area contributed by atoms with E-state index in [9.17, 15) is 13.6 Å². The van der Waals surface area contributed by atoms with Crippen molar-refractivity contribution in [2.45, 2.75) is 32.2 Å². The molecule has 0 radical (unpaired) electrons. The van der Waals surface area contributed by atoms with Crippen molar-refractivity contribution >= 4 is 30.7 Å². The van der Waals surface area contributed by atoms with E-state index in [0.717, 1.165) is 31.6 Å². The van der Waals surface area contributed by atoms with Crippen LogP contribution in [0.15, 0.2) is 28.8 Å². The molecule has 27 heavy (non-hydrogen) atoms. The first-order valence-corrected chi connectivity index (χ1v) is 8.43. The number of oxazole rings is 1. The third-order valence-electron chi connectivity index (χ3n) is 4.49. The fourth-order valence-electron chi connectivity index (χ4n) is 2.92. The number of aryl methyl sites for hydroxylation is 1. The number of rotatable bonds is 5. The normalized spacial score (nSPS) is 18.9. The van der Waals surface area contributed by atoms with E-state index in [0.29, 0.717) is 18.2 Å². The number of amides is 1. The molecular weight excluding hydrogens is 399 g/mol. The van der Waals surface area contributed by atoms with Gasteiger partial charge in [-0.3, -0.25) is 4.79 Å². The fourth-order valence-corrected chi connectivity index (χ4v) is 2.92. The molecule has 1 amide bonds. The van der Waals surface area contributed by atoms with Crippen LogP contribution in [0.2, 0.25) is 0 Å². The Labute approximate surface area is 169 Å². The number of carbonyl (C=O) groups excluding carboxylic acids is 1. The summed E-state index contributed by atoms with van der Waals surface area (Å²) in [4.78, 5) is 16.2. The quantitative estimate of drug-likeness (QED) is 0.774. The Kier molecular flexibility index (Phi) is 9.15. The zero-order chi connectivity index (χ0) is 17.8. The zero-order valence-corrected chi connectivity index (χ0v) is 16.5. The minimum Gasteiger partial charge on any atom is -0.441 e. The van der Waals surface area contributed by atoms with E-state index < -0.39 is 11.6 Å². The molecule has 0 aliphatic carbocycles. The monoisotopic (exact) mass is 421 g/mol. The molecular formula is C18H23Cl2F2N3O2. The van der Waals surface area contributed by atoms with Gasteiger partial charge in [-0.25, -0.2) is 13.8 Å². The van der Waals surface area contributed by atoms with E-state index in [1.165, 1.54) is 12.3 Å². The van der Waals surface area contributed by atoms with Crippen molar-refractivity contribution in [1.82, 2.24) is 15.6 Å². The predicted octanol–water partition coefficient (Wildman–Crippen LogP) is 3.51. The SMILES string of the molecule is CC1CCNCC1NC(=O)CCc1ncc(-c2ccc(F)cc2F)o1.Cl.Cl. The lowest BCUT2D eigenvalue weighted by molar-refractivity contribution is -0.122. The van der Waals surface area contributed by atoms with Crippen molar-refractivity contribution in [1.29, 1.82) is 0 Å². The van der Waals surface area contributed by atoms with Crippen molar-refractivity contribution in [2.75, 3.05) is 13.1 Å². The Hall–Kier alpha value is -1.70. The third kappa shape index (κ3) is 6.16. The van der Waals surface area contributed by atoms with Crippen LogP contribution in [0.1, 0.15) is 25.7 Å². The van der Waals surface area contributed by atoms with Crippen molar-refractivity contribution in [3.05, 3.63) is 41.9 Å². The van der Waals surface area contributed by atoms with Gasteiger partial charge >= 0.3 is 0 Å². The number of halogens is 4. The standard InChI is InChI=1S/C18H21F2N3O2.2ClH/c1-11-6-7-21-9-15(11)23-17(24)4-5-18-22-10-16(25-18)13-3-2-12(19)8-14(13)20;;/h2-3,8,10-11,15,21H,4-7,9H2,1H3,(H,23,24);2*1H. The second kappa shape index (κ2) is 10.6.